The molecule has 1 atom stereocenters. The molecule has 2 aromatic rings. The second-order valence-electron chi connectivity index (χ2n) is 6.47. The van der Waals surface area contributed by atoms with E-state index in [-0.39, 0.29) is 24.7 Å². The third-order valence-electron chi connectivity index (χ3n) is 4.79. The van der Waals surface area contributed by atoms with Crippen LogP contribution >= 0.6 is 0 Å². The van der Waals surface area contributed by atoms with E-state index in [4.69, 9.17) is 18.6 Å². The van der Waals surface area contributed by atoms with Crippen LogP contribution in [-0.2, 0) is 22.6 Å². The number of nitrogens with zero attached hydrogens (tertiary/aromatic N) is 1. The summed E-state index contributed by atoms with van der Waals surface area (Å²) in [5, 5.41) is 9.43. The summed E-state index contributed by atoms with van der Waals surface area (Å²) in [6.07, 6.45) is 0.350. The Morgan fingerprint density at radius 2 is 1.89 bits per heavy atom. The van der Waals surface area contributed by atoms with Gasteiger partial charge in [-0.15, -0.1) is 0 Å². The maximum absolute atomic E-state index is 13.0. The highest BCUT2D eigenvalue weighted by atomic mass is 16.5. The lowest BCUT2D eigenvalue weighted by Crippen LogP contribution is -2.41. The second-order valence-corrected chi connectivity index (χ2v) is 6.47. The van der Waals surface area contributed by atoms with Crippen molar-refractivity contribution in [3.05, 3.63) is 46.9 Å². The zero-order valence-electron chi connectivity index (χ0n) is 16.1. The number of methoxy groups -OCH3 is 3. The third kappa shape index (κ3) is 3.82. The lowest BCUT2D eigenvalue weighted by atomic mass is 9.89. The largest absolute Gasteiger partial charge is 0.493 e. The van der Waals surface area contributed by atoms with Crippen molar-refractivity contribution in [2.45, 2.75) is 25.5 Å². The Morgan fingerprint density at radius 1 is 1.18 bits per heavy atom. The van der Waals surface area contributed by atoms with Gasteiger partial charge in [-0.2, -0.15) is 0 Å². The third-order valence-corrected chi connectivity index (χ3v) is 4.79. The average molecular weight is 389 g/mol. The SMILES string of the molecule is COCc1ccc(C(=O)N2CCc3cc(OC)c(OC)cc3C2CC(=O)O)o1. The highest BCUT2D eigenvalue weighted by molar-refractivity contribution is 5.92. The van der Waals surface area contributed by atoms with E-state index in [2.05, 4.69) is 0 Å². The molecule has 0 saturated heterocycles. The quantitative estimate of drug-likeness (QED) is 0.777. The summed E-state index contributed by atoms with van der Waals surface area (Å²) >= 11 is 0. The molecule has 3 rings (SSSR count). The van der Waals surface area contributed by atoms with Gasteiger partial charge in [-0.05, 0) is 41.8 Å². The van der Waals surface area contributed by atoms with Crippen molar-refractivity contribution in [1.29, 1.82) is 0 Å². The van der Waals surface area contributed by atoms with Gasteiger partial charge in [-0.25, -0.2) is 0 Å². The number of carbonyl (C=O) groups is 2. The standard InChI is InChI=1S/C20H23NO7/c1-25-11-13-4-5-16(28-13)20(24)21-7-6-12-8-17(26-2)18(27-3)9-14(12)15(21)10-19(22)23/h4-5,8-9,15H,6-7,10-11H2,1-3H3,(H,22,23). The molecule has 8 heteroatoms. The molecule has 1 aromatic heterocycles. The molecular formula is C20H23NO7. The summed E-state index contributed by atoms with van der Waals surface area (Å²) < 4.78 is 21.3. The van der Waals surface area contributed by atoms with Crippen molar-refractivity contribution < 1.29 is 33.3 Å². The average Bonchev–Trinajstić information content (AvgIpc) is 3.15. The van der Waals surface area contributed by atoms with Crippen molar-refractivity contribution in [2.75, 3.05) is 27.9 Å². The fraction of sp³-hybridized carbons (Fsp3) is 0.400. The van der Waals surface area contributed by atoms with Gasteiger partial charge in [0.1, 0.15) is 12.4 Å². The number of amides is 1. The zero-order valence-corrected chi connectivity index (χ0v) is 16.1. The van der Waals surface area contributed by atoms with E-state index in [9.17, 15) is 14.7 Å². The number of aliphatic carboxylic acids is 1. The van der Waals surface area contributed by atoms with Crippen LogP contribution in [0.3, 0.4) is 0 Å². The molecule has 1 aliphatic rings. The van der Waals surface area contributed by atoms with Gasteiger partial charge in [-0.3, -0.25) is 9.59 Å². The van der Waals surface area contributed by atoms with Crippen LogP contribution in [0.15, 0.2) is 28.7 Å². The molecule has 28 heavy (non-hydrogen) atoms. The predicted molar refractivity (Wildman–Crippen MR) is 98.7 cm³/mol. The Morgan fingerprint density at radius 3 is 2.54 bits per heavy atom. The smallest absolute Gasteiger partial charge is 0.305 e. The van der Waals surface area contributed by atoms with E-state index in [0.717, 1.165) is 11.1 Å². The normalized spacial score (nSPS) is 15.8. The molecule has 0 fully saturated rings. The topological polar surface area (TPSA) is 98.4 Å². The monoisotopic (exact) mass is 389 g/mol. The summed E-state index contributed by atoms with van der Waals surface area (Å²) in [6, 6.07) is 6.21. The summed E-state index contributed by atoms with van der Waals surface area (Å²) in [6.45, 7) is 0.630. The van der Waals surface area contributed by atoms with Gasteiger partial charge in [0.05, 0.1) is 26.7 Å². The minimum Gasteiger partial charge on any atom is -0.493 e. The highest BCUT2D eigenvalue weighted by Crippen LogP contribution is 2.40. The summed E-state index contributed by atoms with van der Waals surface area (Å²) in [7, 11) is 4.60. The van der Waals surface area contributed by atoms with Gasteiger partial charge >= 0.3 is 5.97 Å². The summed E-state index contributed by atoms with van der Waals surface area (Å²) in [5.41, 5.74) is 1.68. The van der Waals surface area contributed by atoms with Crippen LogP contribution < -0.4 is 9.47 Å². The van der Waals surface area contributed by atoms with Crippen LogP contribution in [0, 0.1) is 0 Å². The maximum atomic E-state index is 13.0. The molecule has 0 aliphatic carbocycles. The van der Waals surface area contributed by atoms with E-state index in [1.165, 1.54) is 19.1 Å². The highest BCUT2D eigenvalue weighted by Gasteiger charge is 2.35. The molecule has 150 valence electrons. The van der Waals surface area contributed by atoms with Gasteiger partial charge in [0.25, 0.3) is 5.91 Å². The maximum Gasteiger partial charge on any atom is 0.305 e. The minimum atomic E-state index is -0.995. The van der Waals surface area contributed by atoms with E-state index in [1.54, 1.807) is 25.3 Å². The fourth-order valence-electron chi connectivity index (χ4n) is 3.51. The van der Waals surface area contributed by atoms with Crippen LogP contribution in [0.1, 0.15) is 39.9 Å². The number of ether oxygens (including phenoxy) is 3. The molecule has 1 N–H and O–H groups in total. The molecule has 8 nitrogen and oxygen atoms in total. The number of carbonyl (C=O) groups excluding carboxylic acids is 1. The molecule has 1 amide bonds. The molecule has 0 radical (unpaired) electrons. The number of hydrogen-bond acceptors (Lipinski definition) is 6. The van der Waals surface area contributed by atoms with Crippen LogP contribution in [0.2, 0.25) is 0 Å². The van der Waals surface area contributed by atoms with Crippen LogP contribution in [0.4, 0.5) is 0 Å². The molecule has 1 aliphatic heterocycles. The Hall–Kier alpha value is -3.00. The number of carboxylic acid groups (broad SMARTS) is 1. The van der Waals surface area contributed by atoms with Gasteiger partial charge in [0, 0.05) is 13.7 Å². The van der Waals surface area contributed by atoms with Gasteiger partial charge in [-0.1, -0.05) is 0 Å². The number of rotatable bonds is 7. The van der Waals surface area contributed by atoms with Gasteiger partial charge < -0.3 is 28.6 Å². The minimum absolute atomic E-state index is 0.159. The fourth-order valence-corrected chi connectivity index (χ4v) is 3.51. The van der Waals surface area contributed by atoms with Crippen LogP contribution in [0.5, 0.6) is 11.5 Å². The molecule has 2 heterocycles. The Balaban J connectivity index is 1.98. The van der Waals surface area contributed by atoms with E-state index in [0.29, 0.717) is 30.2 Å². The number of carboxylic acids is 1. The number of fused-ring (bicyclic) bond motifs is 1. The number of benzene rings is 1. The molecule has 0 spiro atoms. The second kappa shape index (κ2) is 8.35. The zero-order chi connectivity index (χ0) is 20.3. The molecule has 0 bridgehead atoms. The number of furan rings is 1. The summed E-state index contributed by atoms with van der Waals surface area (Å²) in [5.74, 6) is 0.409. The lowest BCUT2D eigenvalue weighted by molar-refractivity contribution is -0.138. The van der Waals surface area contributed by atoms with E-state index < -0.39 is 12.0 Å². The predicted octanol–water partition coefficient (Wildman–Crippen LogP) is 2.66. The molecule has 0 saturated carbocycles. The first-order valence-electron chi connectivity index (χ1n) is 8.83. The van der Waals surface area contributed by atoms with E-state index >= 15 is 0 Å². The van der Waals surface area contributed by atoms with Crippen molar-refractivity contribution >= 4 is 11.9 Å². The van der Waals surface area contributed by atoms with Crippen LogP contribution in [-0.4, -0.2) is 49.8 Å². The van der Waals surface area contributed by atoms with Crippen molar-refractivity contribution in [3.63, 3.8) is 0 Å². The lowest BCUT2D eigenvalue weighted by Gasteiger charge is -2.36. The first kappa shape index (κ1) is 19.8. The Labute approximate surface area is 162 Å². The van der Waals surface area contributed by atoms with Crippen molar-refractivity contribution in [3.8, 4) is 11.5 Å². The summed E-state index contributed by atoms with van der Waals surface area (Å²) in [4.78, 5) is 26.1. The first-order chi connectivity index (χ1) is 13.5. The first-order valence-corrected chi connectivity index (χ1v) is 8.83. The van der Waals surface area contributed by atoms with Crippen molar-refractivity contribution in [1.82, 2.24) is 4.90 Å². The Bertz CT molecular complexity index is 873. The van der Waals surface area contributed by atoms with E-state index in [1.807, 2.05) is 6.07 Å². The van der Waals surface area contributed by atoms with Crippen LogP contribution in [0.25, 0.3) is 0 Å². The molecule has 1 unspecified atom stereocenters. The van der Waals surface area contributed by atoms with Crippen molar-refractivity contribution in [2.24, 2.45) is 0 Å². The molecule has 1 aromatic carbocycles. The van der Waals surface area contributed by atoms with Gasteiger partial charge in [0.15, 0.2) is 17.3 Å². The molecular weight excluding hydrogens is 366 g/mol. The number of hydrogen-bond donors (Lipinski definition) is 1. The Kier molecular flexibility index (Phi) is 5.89. The van der Waals surface area contributed by atoms with Gasteiger partial charge in [0.2, 0.25) is 0 Å².